The number of carbonyl (C=O) groups excluding carboxylic acids is 1. The Morgan fingerprint density at radius 2 is 2.24 bits per heavy atom. The maximum Gasteiger partial charge on any atom is 0.333 e. The van der Waals surface area contributed by atoms with E-state index in [9.17, 15) is 9.90 Å². The van der Waals surface area contributed by atoms with Crippen molar-refractivity contribution in [2.24, 2.45) is 5.92 Å². The highest BCUT2D eigenvalue weighted by atomic mass is 16.5. The molecule has 1 N–H and O–H groups in total. The molecule has 0 aromatic heterocycles. The van der Waals surface area contributed by atoms with E-state index in [0.717, 1.165) is 17.5 Å². The summed E-state index contributed by atoms with van der Waals surface area (Å²) in [5.74, 6) is -0.368. The second kappa shape index (κ2) is 4.72. The molecule has 0 spiro atoms. The van der Waals surface area contributed by atoms with E-state index in [1.165, 1.54) is 7.11 Å². The Balaban J connectivity index is 2.08. The van der Waals surface area contributed by atoms with Crippen molar-refractivity contribution in [1.29, 1.82) is 0 Å². The van der Waals surface area contributed by atoms with E-state index in [0.29, 0.717) is 12.0 Å². The van der Waals surface area contributed by atoms with E-state index in [4.69, 9.17) is 0 Å². The highest BCUT2D eigenvalue weighted by molar-refractivity contribution is 5.87. The fourth-order valence-electron chi connectivity index (χ4n) is 2.38. The number of hydrogen-bond donors (Lipinski definition) is 1. The van der Waals surface area contributed by atoms with E-state index in [1.54, 1.807) is 0 Å². The predicted octanol–water partition coefficient (Wildman–Crippen LogP) is 2.01. The fourth-order valence-corrected chi connectivity index (χ4v) is 2.38. The minimum Gasteiger partial charge on any atom is -0.466 e. The second-order valence-electron chi connectivity index (χ2n) is 4.41. The lowest BCUT2D eigenvalue weighted by atomic mass is 9.95. The van der Waals surface area contributed by atoms with Crippen molar-refractivity contribution in [2.75, 3.05) is 7.11 Å². The van der Waals surface area contributed by atoms with Crippen LogP contribution < -0.4 is 0 Å². The number of methoxy groups -OCH3 is 1. The smallest absolute Gasteiger partial charge is 0.333 e. The number of benzene rings is 1. The van der Waals surface area contributed by atoms with Gasteiger partial charge in [0.2, 0.25) is 0 Å². The van der Waals surface area contributed by atoms with E-state index >= 15 is 0 Å². The predicted molar refractivity (Wildman–Crippen MR) is 64.4 cm³/mol. The third-order valence-electron chi connectivity index (χ3n) is 3.29. The summed E-state index contributed by atoms with van der Waals surface area (Å²) in [5.41, 5.74) is 2.54. The minimum atomic E-state index is -0.507. The Labute approximate surface area is 101 Å². The topological polar surface area (TPSA) is 46.5 Å². The Bertz CT molecular complexity index is 451. The number of ether oxygens (including phenoxy) is 1. The first-order valence-electron chi connectivity index (χ1n) is 5.65. The minimum absolute atomic E-state index is 0.0269. The summed E-state index contributed by atoms with van der Waals surface area (Å²) in [6.45, 7) is 3.70. The molecule has 2 rings (SSSR count). The Hall–Kier alpha value is -1.61. The molecule has 1 aromatic rings. The SMILES string of the molecule is C=C(C[C@H]1Cc2ccccc2[C@@H]1O)C(=O)OC. The first-order valence-corrected chi connectivity index (χ1v) is 5.65. The van der Waals surface area contributed by atoms with Crippen molar-refractivity contribution in [1.82, 2.24) is 0 Å². The number of aliphatic hydroxyl groups is 1. The molecule has 0 radical (unpaired) electrons. The molecule has 0 bridgehead atoms. The average Bonchev–Trinajstić information content (AvgIpc) is 2.66. The van der Waals surface area contributed by atoms with Gasteiger partial charge in [-0.3, -0.25) is 0 Å². The van der Waals surface area contributed by atoms with E-state index in [-0.39, 0.29) is 5.92 Å². The van der Waals surface area contributed by atoms with Gasteiger partial charge in [-0.1, -0.05) is 30.8 Å². The third kappa shape index (κ3) is 2.24. The Kier molecular flexibility index (Phi) is 3.29. The molecule has 0 saturated carbocycles. The van der Waals surface area contributed by atoms with Crippen LogP contribution in [0.25, 0.3) is 0 Å². The van der Waals surface area contributed by atoms with Gasteiger partial charge in [-0.25, -0.2) is 4.79 Å². The quantitative estimate of drug-likeness (QED) is 0.640. The lowest BCUT2D eigenvalue weighted by Crippen LogP contribution is -2.13. The van der Waals surface area contributed by atoms with Crippen molar-refractivity contribution >= 4 is 5.97 Å². The molecule has 1 aliphatic carbocycles. The molecule has 0 amide bonds. The first-order chi connectivity index (χ1) is 8.13. The van der Waals surface area contributed by atoms with Gasteiger partial charge in [0.1, 0.15) is 0 Å². The van der Waals surface area contributed by atoms with Gasteiger partial charge in [0.15, 0.2) is 0 Å². The second-order valence-corrected chi connectivity index (χ2v) is 4.41. The maximum absolute atomic E-state index is 11.3. The Morgan fingerprint density at radius 1 is 1.53 bits per heavy atom. The standard InChI is InChI=1S/C14H16O3/c1-9(14(16)17-2)7-11-8-10-5-3-4-6-12(10)13(11)15/h3-6,11,13,15H,1,7-8H2,2H3/t11-,13+/m0/s1. The molecule has 1 aliphatic rings. The van der Waals surface area contributed by atoms with Crippen LogP contribution in [0.15, 0.2) is 36.4 Å². The van der Waals surface area contributed by atoms with Gasteiger partial charge in [0, 0.05) is 5.57 Å². The molecule has 0 unspecified atom stereocenters. The van der Waals surface area contributed by atoms with Crippen LogP contribution in [0.2, 0.25) is 0 Å². The summed E-state index contributed by atoms with van der Waals surface area (Å²) in [6, 6.07) is 7.82. The zero-order valence-corrected chi connectivity index (χ0v) is 9.85. The third-order valence-corrected chi connectivity index (χ3v) is 3.29. The van der Waals surface area contributed by atoms with Gasteiger partial charge >= 0.3 is 5.97 Å². The zero-order chi connectivity index (χ0) is 12.4. The molecular formula is C14H16O3. The number of rotatable bonds is 3. The molecule has 1 aromatic carbocycles. The van der Waals surface area contributed by atoms with E-state index < -0.39 is 12.1 Å². The van der Waals surface area contributed by atoms with E-state index in [2.05, 4.69) is 11.3 Å². The number of esters is 1. The van der Waals surface area contributed by atoms with Crippen LogP contribution in [-0.4, -0.2) is 18.2 Å². The van der Waals surface area contributed by atoms with Crippen molar-refractivity contribution in [3.05, 3.63) is 47.5 Å². The molecular weight excluding hydrogens is 216 g/mol. The molecule has 17 heavy (non-hydrogen) atoms. The molecule has 0 fully saturated rings. The highest BCUT2D eigenvalue weighted by Gasteiger charge is 2.31. The zero-order valence-electron chi connectivity index (χ0n) is 9.85. The van der Waals surface area contributed by atoms with Crippen molar-refractivity contribution < 1.29 is 14.6 Å². The Morgan fingerprint density at radius 3 is 2.88 bits per heavy atom. The molecule has 3 heteroatoms. The van der Waals surface area contributed by atoms with Gasteiger partial charge in [-0.15, -0.1) is 0 Å². The normalized spacial score (nSPS) is 22.0. The van der Waals surface area contributed by atoms with Crippen molar-refractivity contribution in [2.45, 2.75) is 18.9 Å². The lowest BCUT2D eigenvalue weighted by molar-refractivity contribution is -0.136. The number of fused-ring (bicyclic) bond motifs is 1. The lowest BCUT2D eigenvalue weighted by Gasteiger charge is -2.15. The summed E-state index contributed by atoms with van der Waals surface area (Å²) >= 11 is 0. The molecule has 2 atom stereocenters. The number of carbonyl (C=O) groups is 1. The van der Waals surface area contributed by atoms with Gasteiger partial charge in [0.05, 0.1) is 13.2 Å². The van der Waals surface area contributed by atoms with Gasteiger partial charge in [0.25, 0.3) is 0 Å². The average molecular weight is 232 g/mol. The van der Waals surface area contributed by atoms with Crippen LogP contribution >= 0.6 is 0 Å². The molecule has 90 valence electrons. The molecule has 0 heterocycles. The molecule has 3 nitrogen and oxygen atoms in total. The van der Waals surface area contributed by atoms with Crippen LogP contribution in [0.1, 0.15) is 23.7 Å². The van der Waals surface area contributed by atoms with Gasteiger partial charge < -0.3 is 9.84 Å². The van der Waals surface area contributed by atoms with E-state index in [1.807, 2.05) is 24.3 Å². The fraction of sp³-hybridized carbons (Fsp3) is 0.357. The number of hydrogen-bond acceptors (Lipinski definition) is 3. The first kappa shape index (κ1) is 11.9. The summed E-state index contributed by atoms with van der Waals surface area (Å²) in [5, 5.41) is 10.2. The molecule has 0 saturated heterocycles. The number of aliphatic hydroxyl groups excluding tert-OH is 1. The van der Waals surface area contributed by atoms with Crippen LogP contribution in [0.3, 0.4) is 0 Å². The molecule has 0 aliphatic heterocycles. The van der Waals surface area contributed by atoms with Crippen LogP contribution in [0, 0.1) is 5.92 Å². The van der Waals surface area contributed by atoms with Crippen LogP contribution in [-0.2, 0) is 16.0 Å². The van der Waals surface area contributed by atoms with Gasteiger partial charge in [-0.2, -0.15) is 0 Å². The monoisotopic (exact) mass is 232 g/mol. The van der Waals surface area contributed by atoms with Crippen molar-refractivity contribution in [3.63, 3.8) is 0 Å². The van der Waals surface area contributed by atoms with Crippen LogP contribution in [0.4, 0.5) is 0 Å². The highest BCUT2D eigenvalue weighted by Crippen LogP contribution is 2.38. The largest absolute Gasteiger partial charge is 0.466 e. The summed E-state index contributed by atoms with van der Waals surface area (Å²) in [4.78, 5) is 11.3. The van der Waals surface area contributed by atoms with Crippen LogP contribution in [0.5, 0.6) is 0 Å². The van der Waals surface area contributed by atoms with Crippen molar-refractivity contribution in [3.8, 4) is 0 Å². The summed E-state index contributed by atoms with van der Waals surface area (Å²) in [6.07, 6.45) is 0.753. The summed E-state index contributed by atoms with van der Waals surface area (Å²) < 4.78 is 4.61. The van der Waals surface area contributed by atoms with Gasteiger partial charge in [-0.05, 0) is 29.9 Å². The summed E-state index contributed by atoms with van der Waals surface area (Å²) in [7, 11) is 1.34. The maximum atomic E-state index is 11.3.